The second-order valence-corrected chi connectivity index (χ2v) is 6.05. The van der Waals surface area contributed by atoms with Gasteiger partial charge in [0.15, 0.2) is 17.4 Å². The Morgan fingerprint density at radius 2 is 1.80 bits per heavy atom. The highest BCUT2D eigenvalue weighted by molar-refractivity contribution is 5.95. The highest BCUT2D eigenvalue weighted by Crippen LogP contribution is 2.33. The average Bonchev–Trinajstić information content (AvgIpc) is 3.04. The number of hydrogen-bond donors (Lipinski definition) is 1. The number of nitrogens with zero attached hydrogens (tertiary/aromatic N) is 1. The Balaban J connectivity index is 1.89. The summed E-state index contributed by atoms with van der Waals surface area (Å²) < 4.78 is 51.2. The molecule has 2 heterocycles. The zero-order chi connectivity index (χ0) is 18.3. The zero-order valence-corrected chi connectivity index (χ0v) is 13.6. The number of halogens is 3. The molecule has 1 aliphatic rings. The fourth-order valence-corrected chi connectivity index (χ4v) is 2.89. The van der Waals surface area contributed by atoms with Crippen molar-refractivity contribution in [3.8, 4) is 17.1 Å². The average molecular weight is 355 g/mol. The minimum atomic E-state index is -1.68. The third kappa shape index (κ3) is 3.21. The van der Waals surface area contributed by atoms with Gasteiger partial charge in [-0.3, -0.25) is 4.79 Å². The van der Waals surface area contributed by atoms with Crippen LogP contribution in [-0.2, 0) is 4.74 Å². The van der Waals surface area contributed by atoms with Crippen molar-refractivity contribution in [2.24, 2.45) is 0 Å². The number of aromatic hydroxyl groups is 1. The van der Waals surface area contributed by atoms with E-state index in [0.29, 0.717) is 19.2 Å². The van der Waals surface area contributed by atoms with Gasteiger partial charge in [-0.2, -0.15) is 4.39 Å². The van der Waals surface area contributed by atoms with Crippen molar-refractivity contribution >= 4 is 5.91 Å². The maximum Gasteiger partial charge on any atom is 0.257 e. The van der Waals surface area contributed by atoms with Crippen LogP contribution in [-0.4, -0.2) is 41.2 Å². The maximum absolute atomic E-state index is 14.0. The van der Waals surface area contributed by atoms with Crippen LogP contribution < -0.4 is 0 Å². The van der Waals surface area contributed by atoms with E-state index in [1.54, 1.807) is 4.90 Å². The molecule has 1 aromatic carbocycles. The van der Waals surface area contributed by atoms with Crippen LogP contribution in [0.5, 0.6) is 5.75 Å². The van der Waals surface area contributed by atoms with Gasteiger partial charge < -0.3 is 19.2 Å². The lowest BCUT2D eigenvalue weighted by atomic mass is 10.1. The van der Waals surface area contributed by atoms with Gasteiger partial charge in [0.05, 0.1) is 23.3 Å². The topological polar surface area (TPSA) is 62.9 Å². The number of rotatable bonds is 2. The van der Waals surface area contributed by atoms with E-state index in [-0.39, 0.29) is 29.4 Å². The lowest BCUT2D eigenvalue weighted by molar-refractivity contribution is -0.0586. The number of hydrogen-bond acceptors (Lipinski definition) is 4. The van der Waals surface area contributed by atoms with Crippen LogP contribution in [0.4, 0.5) is 13.2 Å². The monoisotopic (exact) mass is 355 g/mol. The van der Waals surface area contributed by atoms with Crippen molar-refractivity contribution in [2.75, 3.05) is 13.1 Å². The molecule has 1 N–H and O–H groups in total. The number of furan rings is 1. The molecule has 0 aliphatic carbocycles. The molecule has 0 bridgehead atoms. The van der Waals surface area contributed by atoms with Gasteiger partial charge in [0.25, 0.3) is 5.91 Å². The van der Waals surface area contributed by atoms with Crippen LogP contribution in [0.15, 0.2) is 22.8 Å². The van der Waals surface area contributed by atoms with Crippen molar-refractivity contribution in [3.63, 3.8) is 0 Å². The van der Waals surface area contributed by atoms with Gasteiger partial charge in [-0.15, -0.1) is 0 Å². The molecule has 0 unspecified atom stereocenters. The lowest BCUT2D eigenvalue weighted by Gasteiger charge is -2.35. The summed E-state index contributed by atoms with van der Waals surface area (Å²) in [5.74, 6) is -6.43. The number of morpholine rings is 1. The molecule has 1 aliphatic heterocycles. The lowest BCUT2D eigenvalue weighted by Crippen LogP contribution is -2.48. The number of phenols is 1. The van der Waals surface area contributed by atoms with E-state index in [2.05, 4.69) is 0 Å². The van der Waals surface area contributed by atoms with Crippen LogP contribution in [0.2, 0.25) is 0 Å². The quantitative estimate of drug-likeness (QED) is 0.840. The third-order valence-electron chi connectivity index (χ3n) is 3.95. The fourth-order valence-electron chi connectivity index (χ4n) is 2.89. The van der Waals surface area contributed by atoms with Crippen molar-refractivity contribution < 1.29 is 32.2 Å². The Morgan fingerprint density at radius 3 is 2.44 bits per heavy atom. The summed E-state index contributed by atoms with van der Waals surface area (Å²) >= 11 is 0. The van der Waals surface area contributed by atoms with Gasteiger partial charge in [-0.05, 0) is 26.0 Å². The molecule has 1 aromatic heterocycles. The molecular formula is C17H16F3NO4. The molecule has 1 saturated heterocycles. The summed E-state index contributed by atoms with van der Waals surface area (Å²) in [6.07, 6.45) is 0.861. The van der Waals surface area contributed by atoms with E-state index in [1.165, 1.54) is 6.07 Å². The van der Waals surface area contributed by atoms with Crippen LogP contribution in [0.3, 0.4) is 0 Å². The van der Waals surface area contributed by atoms with E-state index in [1.807, 2.05) is 13.8 Å². The van der Waals surface area contributed by atoms with Gasteiger partial charge in [0.2, 0.25) is 5.82 Å². The molecule has 2 aromatic rings. The standard InChI is InChI=1S/C17H16F3NO4/c1-8-5-21(6-9(2)25-8)17(23)10-3-13(24-7-10)11-4-12(18)15(20)16(22)14(11)19/h3-4,7-9,22H,5-6H2,1-2H3/t8-,9+. The van der Waals surface area contributed by atoms with Gasteiger partial charge in [0.1, 0.15) is 12.0 Å². The number of benzene rings is 1. The number of carbonyl (C=O) groups excluding carboxylic acids is 1. The Hall–Kier alpha value is -2.48. The second-order valence-electron chi connectivity index (χ2n) is 6.05. The molecule has 0 radical (unpaired) electrons. The number of phenolic OH excluding ortho intramolecular Hbond substituents is 1. The van der Waals surface area contributed by atoms with Crippen LogP contribution in [0.25, 0.3) is 11.3 Å². The van der Waals surface area contributed by atoms with Crippen molar-refractivity contribution in [1.29, 1.82) is 0 Å². The van der Waals surface area contributed by atoms with Gasteiger partial charge >= 0.3 is 0 Å². The maximum atomic E-state index is 14.0. The number of amides is 1. The van der Waals surface area contributed by atoms with E-state index in [9.17, 15) is 23.1 Å². The van der Waals surface area contributed by atoms with Gasteiger partial charge in [-0.25, -0.2) is 8.78 Å². The fraction of sp³-hybridized carbons (Fsp3) is 0.353. The Morgan fingerprint density at radius 1 is 1.16 bits per heavy atom. The van der Waals surface area contributed by atoms with Crippen molar-refractivity contribution in [1.82, 2.24) is 4.90 Å². The summed E-state index contributed by atoms with van der Waals surface area (Å²) in [7, 11) is 0. The Kier molecular flexibility index (Phi) is 4.47. The van der Waals surface area contributed by atoms with Crippen molar-refractivity contribution in [3.05, 3.63) is 41.4 Å². The third-order valence-corrected chi connectivity index (χ3v) is 3.95. The second kappa shape index (κ2) is 6.44. The van der Waals surface area contributed by atoms with E-state index in [4.69, 9.17) is 9.15 Å². The SMILES string of the molecule is C[C@@H]1CN(C(=O)c2coc(-c3cc(F)c(F)c(O)c3F)c2)C[C@H](C)O1. The molecule has 2 atom stereocenters. The molecule has 1 fully saturated rings. The molecule has 25 heavy (non-hydrogen) atoms. The molecular weight excluding hydrogens is 339 g/mol. The van der Waals surface area contributed by atoms with Gasteiger partial charge in [-0.1, -0.05) is 0 Å². The number of carbonyl (C=O) groups is 1. The van der Waals surface area contributed by atoms with Crippen LogP contribution >= 0.6 is 0 Å². The predicted molar refractivity (Wildman–Crippen MR) is 81.6 cm³/mol. The first-order valence-electron chi connectivity index (χ1n) is 7.68. The summed E-state index contributed by atoms with van der Waals surface area (Å²) in [4.78, 5) is 14.1. The highest BCUT2D eigenvalue weighted by atomic mass is 19.2. The summed E-state index contributed by atoms with van der Waals surface area (Å²) in [5, 5.41) is 9.29. The largest absolute Gasteiger partial charge is 0.503 e. The Labute approximate surface area is 141 Å². The van der Waals surface area contributed by atoms with E-state index in [0.717, 1.165) is 6.26 Å². The first-order valence-corrected chi connectivity index (χ1v) is 7.68. The molecule has 1 amide bonds. The Bertz CT molecular complexity index is 810. The summed E-state index contributed by atoms with van der Waals surface area (Å²) in [6, 6.07) is 1.79. The molecule has 0 saturated carbocycles. The minimum absolute atomic E-state index is 0.125. The molecule has 0 spiro atoms. The molecule has 5 nitrogen and oxygen atoms in total. The first kappa shape index (κ1) is 17.3. The smallest absolute Gasteiger partial charge is 0.257 e. The van der Waals surface area contributed by atoms with E-state index >= 15 is 0 Å². The van der Waals surface area contributed by atoms with Gasteiger partial charge in [0, 0.05) is 13.1 Å². The van der Waals surface area contributed by atoms with E-state index < -0.39 is 28.8 Å². The summed E-state index contributed by atoms with van der Waals surface area (Å²) in [5.41, 5.74) is -0.334. The molecule has 134 valence electrons. The van der Waals surface area contributed by atoms with Crippen LogP contribution in [0, 0.1) is 17.5 Å². The predicted octanol–water partition coefficient (Wildman–Crippen LogP) is 3.32. The molecule has 3 rings (SSSR count). The normalized spacial score (nSPS) is 20.8. The van der Waals surface area contributed by atoms with Crippen LogP contribution in [0.1, 0.15) is 24.2 Å². The zero-order valence-electron chi connectivity index (χ0n) is 13.6. The highest BCUT2D eigenvalue weighted by Gasteiger charge is 2.28. The van der Waals surface area contributed by atoms with Crippen molar-refractivity contribution in [2.45, 2.75) is 26.1 Å². The summed E-state index contributed by atoms with van der Waals surface area (Å²) in [6.45, 7) is 4.47. The molecule has 8 heteroatoms. The minimum Gasteiger partial charge on any atom is -0.503 e. The first-order chi connectivity index (χ1) is 11.8. The number of ether oxygens (including phenoxy) is 1.